The minimum Gasteiger partial charge on any atom is -0.377 e. The number of piperidine rings is 2. The maximum absolute atomic E-state index is 13.4. The number of benzene rings is 3. The fourth-order valence-corrected chi connectivity index (χ4v) is 8.67. The van der Waals surface area contributed by atoms with Crippen LogP contribution in [0.1, 0.15) is 57.5 Å². The molecule has 4 aliphatic rings. The van der Waals surface area contributed by atoms with Gasteiger partial charge in [0.1, 0.15) is 6.04 Å². The lowest BCUT2D eigenvalue weighted by molar-refractivity contribution is -0.125. The highest BCUT2D eigenvalue weighted by Gasteiger charge is 2.44. The number of imide groups is 1. The van der Waals surface area contributed by atoms with E-state index in [-0.39, 0.29) is 24.1 Å². The van der Waals surface area contributed by atoms with E-state index in [1.807, 2.05) is 48.8 Å². The van der Waals surface area contributed by atoms with Gasteiger partial charge in [-0.25, -0.2) is 14.6 Å². The zero-order valence-electron chi connectivity index (χ0n) is 34.3. The van der Waals surface area contributed by atoms with Gasteiger partial charge in [-0.15, -0.1) is 0 Å². The summed E-state index contributed by atoms with van der Waals surface area (Å²) >= 11 is 0. The Hall–Kier alpha value is -7.02. The number of ether oxygens (including phenoxy) is 1. The average Bonchev–Trinajstić information content (AvgIpc) is 3.55. The Bertz CT molecular complexity index is 2640. The summed E-state index contributed by atoms with van der Waals surface area (Å²) in [5.74, 6) is -0.600. The van der Waals surface area contributed by atoms with E-state index in [1.165, 1.54) is 10.7 Å². The number of rotatable bonds is 11. The van der Waals surface area contributed by atoms with Crippen LogP contribution in [0.4, 0.5) is 11.4 Å². The van der Waals surface area contributed by atoms with Gasteiger partial charge in [-0.2, -0.15) is 10.4 Å². The molecule has 9 rings (SSSR count). The number of piperazine rings is 1. The second-order valence-electron chi connectivity index (χ2n) is 16.1. The number of aromatic nitrogens is 4. The first-order chi connectivity index (χ1) is 30.2. The molecule has 62 heavy (non-hydrogen) atoms. The molecule has 0 spiro atoms. The van der Waals surface area contributed by atoms with E-state index >= 15 is 0 Å². The first-order valence-electron chi connectivity index (χ1n) is 21.1. The highest BCUT2D eigenvalue weighted by molar-refractivity contribution is 6.23. The third kappa shape index (κ3) is 8.47. The van der Waals surface area contributed by atoms with Crippen molar-refractivity contribution in [2.75, 3.05) is 62.2 Å². The smallest absolute Gasteiger partial charge is 0.267 e. The summed E-state index contributed by atoms with van der Waals surface area (Å²) in [6.45, 7) is 10.5. The number of hydrogen-bond acceptors (Lipinski definition) is 12. The predicted octanol–water partition coefficient (Wildman–Crippen LogP) is 4.48. The maximum atomic E-state index is 13.4. The van der Waals surface area contributed by atoms with Crippen molar-refractivity contribution < 1.29 is 19.1 Å². The largest absolute Gasteiger partial charge is 0.377 e. The second-order valence-corrected chi connectivity index (χ2v) is 16.1. The Balaban J connectivity index is 0.719. The minimum atomic E-state index is -0.821. The lowest BCUT2D eigenvalue weighted by atomic mass is 10.0. The molecule has 3 saturated heterocycles. The van der Waals surface area contributed by atoms with Crippen LogP contribution in [0.15, 0.2) is 108 Å². The standard InChI is InChI=1S/C47H46N10O5/c1-31-8-12-42(45(59)51-31)57-46(60)39-10-9-36(26-40(39)47(57)61)55-20-18-53(19-21-55)22-23-62-38-14-16-54(17-15-38)37-28-49-44(50-29-37)35-7-3-5-33(25-35)30-56-43(58)13-11-41(52-56)34-6-2-4-32(24-34)27-48/h2-7,9-11,13,24-26,28-29,38,42H,1,8,12,14-23,30H2,(H,51,59)/t42-/m0/s1. The van der Waals surface area contributed by atoms with Crippen LogP contribution in [0.25, 0.3) is 22.6 Å². The van der Waals surface area contributed by atoms with Crippen molar-refractivity contribution in [3.63, 3.8) is 0 Å². The number of nitrogens with zero attached hydrogens (tertiary/aromatic N) is 9. The van der Waals surface area contributed by atoms with E-state index in [0.29, 0.717) is 53.4 Å². The van der Waals surface area contributed by atoms with Crippen molar-refractivity contribution in [2.45, 2.75) is 44.4 Å². The van der Waals surface area contributed by atoms with Gasteiger partial charge in [0, 0.05) is 74.4 Å². The van der Waals surface area contributed by atoms with E-state index in [2.05, 4.69) is 37.8 Å². The van der Waals surface area contributed by atoms with Crippen molar-refractivity contribution in [3.8, 4) is 28.7 Å². The number of allylic oxidation sites excluding steroid dienone is 1. The van der Waals surface area contributed by atoms with Gasteiger partial charge in [-0.3, -0.25) is 29.0 Å². The van der Waals surface area contributed by atoms with Gasteiger partial charge in [-0.1, -0.05) is 36.9 Å². The van der Waals surface area contributed by atoms with Crippen molar-refractivity contribution in [2.24, 2.45) is 0 Å². The molecule has 1 atom stereocenters. The van der Waals surface area contributed by atoms with Crippen LogP contribution in [-0.4, -0.2) is 112 Å². The van der Waals surface area contributed by atoms with E-state index in [0.717, 1.165) is 91.6 Å². The van der Waals surface area contributed by atoms with Crippen LogP contribution in [0.5, 0.6) is 0 Å². The van der Waals surface area contributed by atoms with Crippen LogP contribution in [0.2, 0.25) is 0 Å². The van der Waals surface area contributed by atoms with Crippen LogP contribution in [0.3, 0.4) is 0 Å². The van der Waals surface area contributed by atoms with Gasteiger partial charge in [-0.05, 0) is 73.7 Å². The number of carbonyl (C=O) groups is 3. The summed E-state index contributed by atoms with van der Waals surface area (Å²) in [7, 11) is 0. The molecule has 1 N–H and O–H groups in total. The molecule has 6 heterocycles. The molecule has 2 aromatic heterocycles. The second kappa shape index (κ2) is 17.5. The number of amides is 3. The molecule has 0 unspecified atom stereocenters. The molecule has 3 amide bonds. The highest BCUT2D eigenvalue weighted by Crippen LogP contribution is 2.32. The molecular formula is C47H46N10O5. The van der Waals surface area contributed by atoms with Crippen molar-refractivity contribution >= 4 is 29.1 Å². The Kier molecular flexibility index (Phi) is 11.4. The van der Waals surface area contributed by atoms with Crippen molar-refractivity contribution in [1.82, 2.24) is 34.9 Å². The molecule has 0 saturated carbocycles. The molecule has 15 heteroatoms. The highest BCUT2D eigenvalue weighted by atomic mass is 16.5. The summed E-state index contributed by atoms with van der Waals surface area (Å²) in [5, 5.41) is 16.6. The zero-order chi connectivity index (χ0) is 42.7. The quantitative estimate of drug-likeness (QED) is 0.186. The Morgan fingerprint density at radius 3 is 2.29 bits per heavy atom. The minimum absolute atomic E-state index is 0.186. The van der Waals surface area contributed by atoms with Crippen molar-refractivity contribution in [3.05, 3.63) is 136 Å². The number of nitriles is 1. The first kappa shape index (κ1) is 40.4. The molecule has 314 valence electrons. The van der Waals surface area contributed by atoms with E-state index in [9.17, 15) is 24.4 Å². The summed E-state index contributed by atoms with van der Waals surface area (Å²) in [6.07, 6.45) is 6.65. The van der Waals surface area contributed by atoms with Crippen LogP contribution >= 0.6 is 0 Å². The van der Waals surface area contributed by atoms with Gasteiger partial charge in [0.05, 0.1) is 65.8 Å². The SMILES string of the molecule is C=C1CC[C@H](N2C(=O)c3ccc(N4CCN(CCOC5CCN(c6cnc(-c7cccc(Cn8nc(-c9cccc(C#N)c9)ccc8=O)c7)nc6)CC5)CC4)cc3C2=O)C(=O)N1. The fraction of sp³-hybridized carbons (Fsp3) is 0.319. The molecular weight excluding hydrogens is 785 g/mol. The molecule has 3 aromatic carbocycles. The maximum Gasteiger partial charge on any atom is 0.267 e. The zero-order valence-corrected chi connectivity index (χ0v) is 34.3. The topological polar surface area (TPSA) is 170 Å². The third-order valence-corrected chi connectivity index (χ3v) is 12.2. The Labute approximate surface area is 358 Å². The molecule has 0 bridgehead atoms. The number of carbonyl (C=O) groups excluding carboxylic acids is 3. The number of nitrogens with one attached hydrogen (secondary N) is 1. The summed E-state index contributed by atoms with van der Waals surface area (Å²) < 4.78 is 7.77. The van der Waals surface area contributed by atoms with Gasteiger partial charge in [0.15, 0.2) is 5.82 Å². The van der Waals surface area contributed by atoms with Crippen LogP contribution in [0, 0.1) is 11.3 Å². The molecule has 0 aliphatic carbocycles. The molecule has 15 nitrogen and oxygen atoms in total. The van der Waals surface area contributed by atoms with Crippen molar-refractivity contribution in [1.29, 1.82) is 5.26 Å². The van der Waals surface area contributed by atoms with Crippen LogP contribution < -0.4 is 20.7 Å². The lowest BCUT2D eigenvalue weighted by Crippen LogP contribution is -2.51. The molecule has 4 aliphatic heterocycles. The van der Waals surface area contributed by atoms with Gasteiger partial charge < -0.3 is 19.9 Å². The number of fused-ring (bicyclic) bond motifs is 1. The van der Waals surface area contributed by atoms with Gasteiger partial charge >= 0.3 is 0 Å². The summed E-state index contributed by atoms with van der Waals surface area (Å²) in [5.41, 5.74) is 6.59. The van der Waals surface area contributed by atoms with E-state index in [1.54, 1.807) is 36.4 Å². The first-order valence-corrected chi connectivity index (χ1v) is 21.1. The average molecular weight is 831 g/mol. The summed E-state index contributed by atoms with van der Waals surface area (Å²) in [4.78, 5) is 69.3. The lowest BCUT2D eigenvalue weighted by Gasteiger charge is -2.37. The number of hydrogen-bond donors (Lipinski definition) is 1. The van der Waals surface area contributed by atoms with E-state index in [4.69, 9.17) is 14.7 Å². The predicted molar refractivity (Wildman–Crippen MR) is 232 cm³/mol. The third-order valence-electron chi connectivity index (χ3n) is 12.2. The number of anilines is 2. The van der Waals surface area contributed by atoms with Crippen LogP contribution in [-0.2, 0) is 16.1 Å². The van der Waals surface area contributed by atoms with E-state index < -0.39 is 17.9 Å². The normalized spacial score (nSPS) is 18.5. The molecule has 3 fully saturated rings. The fourth-order valence-electron chi connectivity index (χ4n) is 8.67. The van der Waals surface area contributed by atoms with Gasteiger partial charge in [0.25, 0.3) is 17.4 Å². The Morgan fingerprint density at radius 1 is 0.774 bits per heavy atom. The van der Waals surface area contributed by atoms with Gasteiger partial charge in [0.2, 0.25) is 5.91 Å². The Morgan fingerprint density at radius 2 is 1.52 bits per heavy atom. The summed E-state index contributed by atoms with van der Waals surface area (Å²) in [6, 6.07) is 24.9. The molecule has 0 radical (unpaired) electrons. The monoisotopic (exact) mass is 830 g/mol. The molecule has 5 aromatic rings.